The molecule has 14 heteroatoms. The summed E-state index contributed by atoms with van der Waals surface area (Å²) in [5.74, 6) is -3.54. The summed E-state index contributed by atoms with van der Waals surface area (Å²) in [6, 6.07) is 3.91. The van der Waals surface area contributed by atoms with Gasteiger partial charge in [-0.2, -0.15) is 0 Å². The number of benzene rings is 1. The molecule has 0 saturated heterocycles. The fraction of sp³-hybridized carbons (Fsp3) is 0.571. The Labute approximate surface area is 237 Å². The van der Waals surface area contributed by atoms with Crippen LogP contribution in [0.1, 0.15) is 78.6 Å². The van der Waals surface area contributed by atoms with Gasteiger partial charge in [-0.1, -0.05) is 11.2 Å². The molecule has 3 N–H and O–H groups in total. The van der Waals surface area contributed by atoms with Crippen LogP contribution in [0.25, 0.3) is 11.0 Å². The van der Waals surface area contributed by atoms with Crippen LogP contribution in [0.5, 0.6) is 0 Å². The van der Waals surface area contributed by atoms with E-state index in [9.17, 15) is 31.5 Å². The molecule has 0 spiro atoms. The molecule has 0 radical (unpaired) electrons. The molecule has 2 aliphatic carbocycles. The molecule has 1 aromatic carbocycles. The Kier molecular flexibility index (Phi) is 8.28. The largest absolute Gasteiger partial charge is 0.364 e. The van der Waals surface area contributed by atoms with E-state index in [-0.39, 0.29) is 54.4 Å². The number of amides is 2. The van der Waals surface area contributed by atoms with Crippen molar-refractivity contribution in [1.82, 2.24) is 25.8 Å². The molecule has 2 fully saturated rings. The van der Waals surface area contributed by atoms with Crippen LogP contribution in [0.15, 0.2) is 29.0 Å². The van der Waals surface area contributed by atoms with Gasteiger partial charge in [0.15, 0.2) is 5.60 Å². The molecule has 2 aromatic heterocycles. The lowest BCUT2D eigenvalue weighted by Crippen LogP contribution is -2.43. The fourth-order valence-electron chi connectivity index (χ4n) is 5.10. The van der Waals surface area contributed by atoms with Gasteiger partial charge in [0.05, 0.1) is 29.4 Å². The molecule has 2 amide bonds. The van der Waals surface area contributed by atoms with Crippen molar-refractivity contribution in [3.63, 3.8) is 0 Å². The first-order valence-corrected chi connectivity index (χ1v) is 13.7. The van der Waals surface area contributed by atoms with Crippen molar-refractivity contribution in [3.8, 4) is 0 Å². The van der Waals surface area contributed by atoms with Crippen molar-refractivity contribution in [2.75, 3.05) is 13.3 Å². The van der Waals surface area contributed by atoms with Crippen LogP contribution in [-0.2, 0) is 9.53 Å². The van der Waals surface area contributed by atoms with Crippen LogP contribution in [0.3, 0.4) is 0 Å². The van der Waals surface area contributed by atoms with Crippen molar-refractivity contribution in [3.05, 3.63) is 47.1 Å². The van der Waals surface area contributed by atoms with Crippen LogP contribution in [0, 0.1) is 18.8 Å². The average molecular weight is 598 g/mol. The molecule has 228 valence electrons. The van der Waals surface area contributed by atoms with Crippen LogP contribution < -0.4 is 10.6 Å². The smallest absolute Gasteiger partial charge is 0.269 e. The third-order valence-electron chi connectivity index (χ3n) is 7.88. The first kappa shape index (κ1) is 29.9. The highest BCUT2D eigenvalue weighted by Gasteiger charge is 2.46. The number of aryl methyl sites for hydroxylation is 1. The number of aromatic amines is 1. The van der Waals surface area contributed by atoms with Crippen molar-refractivity contribution < 1.29 is 40.8 Å². The quantitative estimate of drug-likeness (QED) is 0.229. The highest BCUT2D eigenvalue weighted by Crippen LogP contribution is 2.45. The number of nitrogens with one attached hydrogen (secondary N) is 3. The van der Waals surface area contributed by atoms with Gasteiger partial charge in [-0.25, -0.2) is 26.9 Å². The number of nitrogens with zero attached hydrogens (tertiary/aromatic N) is 2. The zero-order valence-corrected chi connectivity index (χ0v) is 23.1. The SMILES string of the molecule is Cc1nocc1C(=O)N[C@@H](COC(C)(CF)C(F)F)c1nc2ccc([C@H](NC(=O)CC3CC(F)(F)C3)C3CC3)cc2[nH]1. The van der Waals surface area contributed by atoms with Crippen LogP contribution in [-0.4, -0.2) is 58.2 Å². The number of aromatic nitrogens is 3. The number of ether oxygens (including phenoxy) is 1. The van der Waals surface area contributed by atoms with Gasteiger partial charge in [-0.15, -0.1) is 0 Å². The van der Waals surface area contributed by atoms with Gasteiger partial charge in [0, 0.05) is 19.3 Å². The van der Waals surface area contributed by atoms with Crippen molar-refractivity contribution in [1.29, 1.82) is 0 Å². The predicted molar refractivity (Wildman–Crippen MR) is 140 cm³/mol. The van der Waals surface area contributed by atoms with E-state index in [2.05, 4.69) is 25.8 Å². The van der Waals surface area contributed by atoms with E-state index in [0.717, 1.165) is 31.6 Å². The molecular weight excluding hydrogens is 565 g/mol. The summed E-state index contributed by atoms with van der Waals surface area (Å²) in [6.45, 7) is 0.528. The first-order valence-electron chi connectivity index (χ1n) is 13.7. The second kappa shape index (κ2) is 11.6. The second-order valence-electron chi connectivity index (χ2n) is 11.5. The third kappa shape index (κ3) is 6.58. The number of halogens is 5. The van der Waals surface area contributed by atoms with Gasteiger partial charge < -0.3 is 24.9 Å². The van der Waals surface area contributed by atoms with Gasteiger partial charge in [0.25, 0.3) is 12.3 Å². The molecule has 2 saturated carbocycles. The van der Waals surface area contributed by atoms with E-state index in [1.54, 1.807) is 25.1 Å². The molecule has 9 nitrogen and oxygen atoms in total. The normalized spacial score (nSPS) is 19.7. The standard InChI is InChI=1S/C28H32F5N5O4/c1-14-18(11-42-38-14)25(40)36-21(12-41-27(2,13-29)26(30)31)24-34-19-6-5-17(8-20(19)35-24)23(16-3-4-16)37-22(39)7-15-9-28(32,33)10-15/h5-6,8,11,15-16,21,23,26H,3-4,7,9-10,12-13H2,1-2H3,(H,34,35)(H,36,40)(H,37,39)/t21-,23+,27?/m0/s1. The second-order valence-corrected chi connectivity index (χ2v) is 11.5. The van der Waals surface area contributed by atoms with E-state index < -0.39 is 43.2 Å². The number of fused-ring (bicyclic) bond motifs is 1. The van der Waals surface area contributed by atoms with Crippen molar-refractivity contribution in [2.45, 2.75) is 76.0 Å². The molecule has 0 aliphatic heterocycles. The Balaban J connectivity index is 1.36. The van der Waals surface area contributed by atoms with E-state index >= 15 is 0 Å². The number of carbonyl (C=O) groups excluding carboxylic acids is 2. The summed E-state index contributed by atoms with van der Waals surface area (Å²) in [5, 5.41) is 9.33. The molecule has 3 aromatic rings. The number of rotatable bonds is 13. The van der Waals surface area contributed by atoms with E-state index in [1.165, 1.54) is 0 Å². The summed E-state index contributed by atoms with van der Waals surface area (Å²) in [5.41, 5.74) is -0.138. The highest BCUT2D eigenvalue weighted by atomic mass is 19.3. The Bertz CT molecular complexity index is 1430. The summed E-state index contributed by atoms with van der Waals surface area (Å²) in [7, 11) is 0. The summed E-state index contributed by atoms with van der Waals surface area (Å²) < 4.78 is 76.9. The molecule has 1 unspecified atom stereocenters. The van der Waals surface area contributed by atoms with Crippen LogP contribution in [0.2, 0.25) is 0 Å². The summed E-state index contributed by atoms with van der Waals surface area (Å²) >= 11 is 0. The number of hydrogen-bond donors (Lipinski definition) is 3. The first-order chi connectivity index (χ1) is 19.9. The third-order valence-corrected chi connectivity index (χ3v) is 7.88. The molecule has 2 aliphatic rings. The predicted octanol–water partition coefficient (Wildman–Crippen LogP) is 5.34. The Morgan fingerprint density at radius 3 is 2.57 bits per heavy atom. The van der Waals surface area contributed by atoms with E-state index in [1.807, 2.05) is 0 Å². The van der Waals surface area contributed by atoms with Gasteiger partial charge in [-0.3, -0.25) is 9.59 Å². The van der Waals surface area contributed by atoms with Gasteiger partial charge >= 0.3 is 0 Å². The Morgan fingerprint density at radius 1 is 1.24 bits per heavy atom. The molecular formula is C28H32F5N5O4. The molecule has 5 rings (SSSR count). The maximum atomic E-state index is 13.5. The summed E-state index contributed by atoms with van der Waals surface area (Å²) in [6.07, 6.45) is -0.685. The lowest BCUT2D eigenvalue weighted by atomic mass is 9.79. The van der Waals surface area contributed by atoms with E-state index in [0.29, 0.717) is 16.7 Å². The highest BCUT2D eigenvalue weighted by molar-refractivity contribution is 5.95. The van der Waals surface area contributed by atoms with Crippen molar-refractivity contribution in [2.24, 2.45) is 11.8 Å². The van der Waals surface area contributed by atoms with Gasteiger partial charge in [0.1, 0.15) is 30.4 Å². The van der Waals surface area contributed by atoms with Crippen LogP contribution >= 0.6 is 0 Å². The summed E-state index contributed by atoms with van der Waals surface area (Å²) in [4.78, 5) is 33.2. The van der Waals surface area contributed by atoms with Gasteiger partial charge in [0.2, 0.25) is 11.8 Å². The fourth-order valence-corrected chi connectivity index (χ4v) is 5.10. The van der Waals surface area contributed by atoms with Crippen molar-refractivity contribution >= 4 is 22.8 Å². The number of carbonyl (C=O) groups is 2. The number of alkyl halides is 5. The minimum atomic E-state index is -3.12. The maximum absolute atomic E-state index is 13.5. The topological polar surface area (TPSA) is 122 Å². The lowest BCUT2D eigenvalue weighted by Gasteiger charge is -2.34. The Morgan fingerprint density at radius 2 is 1.98 bits per heavy atom. The molecule has 3 atom stereocenters. The monoisotopic (exact) mass is 597 g/mol. The lowest BCUT2D eigenvalue weighted by molar-refractivity contribution is -0.143. The molecule has 2 heterocycles. The number of imidazole rings is 1. The molecule has 0 bridgehead atoms. The zero-order chi connectivity index (χ0) is 30.2. The minimum absolute atomic E-state index is 0.0404. The Hall–Kier alpha value is -3.55. The minimum Gasteiger partial charge on any atom is -0.364 e. The van der Waals surface area contributed by atoms with Crippen LogP contribution in [0.4, 0.5) is 22.0 Å². The van der Waals surface area contributed by atoms with E-state index in [4.69, 9.17) is 9.26 Å². The number of hydrogen-bond acceptors (Lipinski definition) is 6. The number of H-pyrrole nitrogens is 1. The molecule has 42 heavy (non-hydrogen) atoms. The average Bonchev–Trinajstić information content (AvgIpc) is 3.53. The maximum Gasteiger partial charge on any atom is 0.269 e. The zero-order valence-electron chi connectivity index (χ0n) is 23.1. The van der Waals surface area contributed by atoms with Gasteiger partial charge in [-0.05, 0) is 56.2 Å².